The van der Waals surface area contributed by atoms with Crippen LogP contribution in [0, 0.1) is 0 Å². The number of rotatable bonds is 4. The average molecular weight is 479 g/mol. The van der Waals surface area contributed by atoms with Gasteiger partial charge in [-0.05, 0) is 24.3 Å². The lowest BCUT2D eigenvalue weighted by molar-refractivity contribution is -0.192. The van der Waals surface area contributed by atoms with Gasteiger partial charge in [0.05, 0.1) is 16.0 Å². The number of hydrogen-bond acceptors (Lipinski definition) is 4. The molecular weight excluding hydrogens is 468 g/mol. The molecule has 0 aliphatic rings. The van der Waals surface area contributed by atoms with Crippen LogP contribution in [-0.2, 0) is 27.0 Å². The molecule has 5 nitrogen and oxygen atoms in total. The zero-order valence-corrected chi connectivity index (χ0v) is 15.0. The van der Waals surface area contributed by atoms with E-state index < -0.39 is 61.9 Å². The quantitative estimate of drug-likeness (QED) is 0.638. The fourth-order valence-electron chi connectivity index (χ4n) is 1.56. The van der Waals surface area contributed by atoms with Crippen LogP contribution in [0.15, 0.2) is 35.0 Å². The van der Waals surface area contributed by atoms with Crippen LogP contribution in [0.3, 0.4) is 0 Å². The third kappa shape index (κ3) is 8.98. The van der Waals surface area contributed by atoms with Gasteiger partial charge >= 0.3 is 24.5 Å². The molecule has 3 N–H and O–H groups in total. The Balaban J connectivity index is 0.00000103. The predicted molar refractivity (Wildman–Crippen MR) is 80.4 cm³/mol. The minimum Gasteiger partial charge on any atom is -0.475 e. The fourth-order valence-corrected chi connectivity index (χ4v) is 2.82. The fraction of sp³-hybridized carbons (Fsp3) is 0.357. The molecule has 0 spiro atoms. The first-order valence-electron chi connectivity index (χ1n) is 7.08. The molecular formula is C14H11F10NO4S. The van der Waals surface area contributed by atoms with E-state index in [4.69, 9.17) is 15.6 Å². The first kappa shape index (κ1) is 27.6. The van der Waals surface area contributed by atoms with Crippen molar-refractivity contribution in [2.45, 2.75) is 23.4 Å². The van der Waals surface area contributed by atoms with Crippen LogP contribution in [0.2, 0.25) is 0 Å². The number of carbonyl (C=O) groups is 1. The summed E-state index contributed by atoms with van der Waals surface area (Å²) >= 11 is 0. The monoisotopic (exact) mass is 479 g/mol. The van der Waals surface area contributed by atoms with Gasteiger partial charge in [-0.15, -0.1) is 0 Å². The Hall–Kier alpha value is -2.36. The van der Waals surface area contributed by atoms with Crippen LogP contribution >= 0.6 is 0 Å². The molecule has 172 valence electrons. The molecule has 16 heteroatoms. The van der Waals surface area contributed by atoms with E-state index in [9.17, 15) is 52.3 Å². The summed E-state index contributed by atoms with van der Waals surface area (Å²) in [4.78, 5) is 7.62. The second-order valence-electron chi connectivity index (χ2n) is 5.19. The number of nitrogens with two attached hydrogens (primary N) is 1. The maximum atomic E-state index is 13.2. The molecule has 0 aliphatic carbocycles. The molecule has 0 atom stereocenters. The van der Waals surface area contributed by atoms with Gasteiger partial charge in [0.1, 0.15) is 11.6 Å². The Labute approximate surface area is 161 Å². The van der Waals surface area contributed by atoms with Crippen molar-refractivity contribution in [2.75, 3.05) is 12.3 Å². The highest BCUT2D eigenvalue weighted by Crippen LogP contribution is 2.37. The van der Waals surface area contributed by atoms with E-state index in [1.807, 2.05) is 0 Å². The van der Waals surface area contributed by atoms with Crippen molar-refractivity contribution >= 4 is 15.8 Å². The third-order valence-corrected chi connectivity index (χ3v) is 4.44. The van der Waals surface area contributed by atoms with Gasteiger partial charge in [0.15, 0.2) is 9.84 Å². The average Bonchev–Trinajstić information content (AvgIpc) is 2.52. The standard InChI is InChI=1S/C12H10F7NO2S.C2HF3O2/c13-9(1-2-20)6-23(21,22)10-4-7(11(14,15)16)3-8(5-10)12(17,18)19;3-2(4,5)1(6)7/h1,3-5H,2,6,20H2;(H,6,7)/b9-1-;. The molecule has 0 unspecified atom stereocenters. The molecule has 0 aromatic heterocycles. The largest absolute Gasteiger partial charge is 0.490 e. The first-order chi connectivity index (χ1) is 13.2. The van der Waals surface area contributed by atoms with E-state index in [1.165, 1.54) is 0 Å². The van der Waals surface area contributed by atoms with Gasteiger partial charge in [-0.3, -0.25) is 0 Å². The second kappa shape index (κ2) is 9.63. The van der Waals surface area contributed by atoms with Crippen molar-refractivity contribution in [1.82, 2.24) is 0 Å². The van der Waals surface area contributed by atoms with E-state index in [-0.39, 0.29) is 24.7 Å². The van der Waals surface area contributed by atoms with Crippen molar-refractivity contribution in [1.29, 1.82) is 0 Å². The maximum absolute atomic E-state index is 13.2. The maximum Gasteiger partial charge on any atom is 0.490 e. The lowest BCUT2D eigenvalue weighted by Crippen LogP contribution is -2.21. The molecule has 1 rings (SSSR count). The van der Waals surface area contributed by atoms with E-state index in [0.717, 1.165) is 0 Å². The van der Waals surface area contributed by atoms with Crippen molar-refractivity contribution in [3.63, 3.8) is 0 Å². The minimum atomic E-state index is -5.20. The summed E-state index contributed by atoms with van der Waals surface area (Å²) in [6, 6.07) is -0.161. The van der Waals surface area contributed by atoms with Gasteiger partial charge in [-0.1, -0.05) is 0 Å². The van der Waals surface area contributed by atoms with Crippen molar-refractivity contribution in [3.8, 4) is 0 Å². The minimum absolute atomic E-state index is 0.0281. The van der Waals surface area contributed by atoms with Crippen LogP contribution in [0.25, 0.3) is 0 Å². The molecule has 0 bridgehead atoms. The van der Waals surface area contributed by atoms with Crippen molar-refractivity contribution in [2.24, 2.45) is 5.73 Å². The SMILES string of the molecule is NC/C=C(\F)CS(=O)(=O)c1cc(C(F)(F)F)cc(C(F)(F)F)c1.O=C(O)C(F)(F)F. The molecule has 1 aromatic rings. The molecule has 0 aliphatic heterocycles. The summed E-state index contributed by atoms with van der Waals surface area (Å²) in [5.41, 5.74) is 1.35. The summed E-state index contributed by atoms with van der Waals surface area (Å²) in [5, 5.41) is 7.12. The number of halogens is 10. The molecule has 0 fully saturated rings. The molecule has 1 aromatic carbocycles. The Morgan fingerprint density at radius 2 is 1.30 bits per heavy atom. The highest BCUT2D eigenvalue weighted by Gasteiger charge is 2.39. The summed E-state index contributed by atoms with van der Waals surface area (Å²) in [7, 11) is -4.75. The zero-order chi connectivity index (χ0) is 24.1. The summed E-state index contributed by atoms with van der Waals surface area (Å²) in [6.07, 6.45) is -14.8. The highest BCUT2D eigenvalue weighted by molar-refractivity contribution is 7.91. The molecule has 0 saturated carbocycles. The predicted octanol–water partition coefficient (Wildman–Crippen LogP) is 3.94. The second-order valence-corrected chi connectivity index (χ2v) is 7.18. The lowest BCUT2D eigenvalue weighted by Gasteiger charge is -2.14. The highest BCUT2D eigenvalue weighted by atomic mass is 32.2. The van der Waals surface area contributed by atoms with Crippen LogP contribution < -0.4 is 5.73 Å². The number of hydrogen-bond donors (Lipinski definition) is 2. The number of aliphatic carboxylic acids is 1. The van der Waals surface area contributed by atoms with Gasteiger partial charge < -0.3 is 10.8 Å². The van der Waals surface area contributed by atoms with E-state index in [0.29, 0.717) is 6.08 Å². The molecule has 0 saturated heterocycles. The van der Waals surface area contributed by atoms with Crippen molar-refractivity contribution < 1.29 is 62.2 Å². The van der Waals surface area contributed by atoms with E-state index in [1.54, 1.807) is 0 Å². The van der Waals surface area contributed by atoms with Crippen LogP contribution in [0.5, 0.6) is 0 Å². The van der Waals surface area contributed by atoms with Crippen LogP contribution in [0.4, 0.5) is 43.9 Å². The smallest absolute Gasteiger partial charge is 0.475 e. The number of carboxylic acids is 1. The summed E-state index contributed by atoms with van der Waals surface area (Å²) in [5.74, 6) is -5.42. The van der Waals surface area contributed by atoms with E-state index in [2.05, 4.69) is 0 Å². The Kier molecular flexibility index (Phi) is 8.87. The summed E-state index contributed by atoms with van der Waals surface area (Å²) in [6.45, 7) is -0.377. The topological polar surface area (TPSA) is 97.5 Å². The Morgan fingerprint density at radius 1 is 0.933 bits per heavy atom. The number of alkyl halides is 9. The van der Waals surface area contributed by atoms with Crippen LogP contribution in [-0.4, -0.2) is 38.0 Å². The lowest BCUT2D eigenvalue weighted by atomic mass is 10.1. The number of benzene rings is 1. The number of carboxylic acid groups (broad SMARTS) is 1. The van der Waals surface area contributed by atoms with Gasteiger partial charge in [-0.2, -0.15) is 39.5 Å². The normalized spacial score (nSPS) is 13.5. The summed E-state index contributed by atoms with van der Waals surface area (Å²) < 4.78 is 144. The molecule has 30 heavy (non-hydrogen) atoms. The molecule has 0 amide bonds. The Morgan fingerprint density at radius 3 is 1.57 bits per heavy atom. The van der Waals surface area contributed by atoms with Crippen LogP contribution in [0.1, 0.15) is 11.1 Å². The number of sulfone groups is 1. The first-order valence-corrected chi connectivity index (χ1v) is 8.74. The van der Waals surface area contributed by atoms with Gasteiger partial charge in [-0.25, -0.2) is 17.6 Å². The molecule has 0 heterocycles. The third-order valence-electron chi connectivity index (χ3n) is 2.83. The van der Waals surface area contributed by atoms with Crippen molar-refractivity contribution in [3.05, 3.63) is 41.2 Å². The van der Waals surface area contributed by atoms with Gasteiger partial charge in [0, 0.05) is 6.54 Å². The van der Waals surface area contributed by atoms with Gasteiger partial charge in [0.2, 0.25) is 0 Å². The zero-order valence-electron chi connectivity index (χ0n) is 14.2. The van der Waals surface area contributed by atoms with Gasteiger partial charge in [0.25, 0.3) is 0 Å². The van der Waals surface area contributed by atoms with E-state index >= 15 is 0 Å². The Bertz CT molecular complexity index is 853. The molecule has 0 radical (unpaired) electrons.